The Hall–Kier alpha value is -1.02. The van der Waals surface area contributed by atoms with Gasteiger partial charge >= 0.3 is 0 Å². The summed E-state index contributed by atoms with van der Waals surface area (Å²) in [5.41, 5.74) is 4.70. The fourth-order valence-corrected chi connectivity index (χ4v) is 2.91. The van der Waals surface area contributed by atoms with Crippen LogP contribution in [-0.2, 0) is 6.42 Å². The van der Waals surface area contributed by atoms with Crippen LogP contribution in [0.4, 0.5) is 0 Å². The van der Waals surface area contributed by atoms with Crippen molar-refractivity contribution in [2.75, 3.05) is 6.54 Å². The molecule has 0 fully saturated rings. The molecule has 2 aromatic rings. The van der Waals surface area contributed by atoms with Crippen molar-refractivity contribution in [3.63, 3.8) is 0 Å². The third kappa shape index (κ3) is 4.23. The Kier molecular flexibility index (Phi) is 5.69. The molecule has 0 heterocycles. The van der Waals surface area contributed by atoms with Gasteiger partial charge < -0.3 is 5.32 Å². The molecular formula is C18H21Cl2N. The van der Waals surface area contributed by atoms with Crippen LogP contribution in [0.3, 0.4) is 0 Å². The number of likely N-dealkylation sites (N-methyl/N-ethyl adjacent to an activating group) is 1. The number of hydrogen-bond acceptors (Lipinski definition) is 1. The Morgan fingerprint density at radius 1 is 1.00 bits per heavy atom. The highest BCUT2D eigenvalue weighted by molar-refractivity contribution is 6.31. The monoisotopic (exact) mass is 321 g/mol. The van der Waals surface area contributed by atoms with E-state index in [0.29, 0.717) is 0 Å². The standard InChI is InChI=1S/C18H21Cl2N/c1-4-21-18(15-7-8-16(19)13(3)10-15)11-14-6-5-12(2)9-17(14)20/h5-10,18,21H,4,11H2,1-3H3. The van der Waals surface area contributed by atoms with Gasteiger partial charge in [0.2, 0.25) is 0 Å². The van der Waals surface area contributed by atoms with E-state index < -0.39 is 0 Å². The summed E-state index contributed by atoms with van der Waals surface area (Å²) >= 11 is 12.5. The maximum absolute atomic E-state index is 6.37. The summed E-state index contributed by atoms with van der Waals surface area (Å²) in [4.78, 5) is 0. The molecule has 1 unspecified atom stereocenters. The van der Waals surface area contributed by atoms with Crippen LogP contribution in [0.5, 0.6) is 0 Å². The zero-order valence-corrected chi connectivity index (χ0v) is 14.2. The maximum Gasteiger partial charge on any atom is 0.0441 e. The molecular weight excluding hydrogens is 301 g/mol. The quantitative estimate of drug-likeness (QED) is 0.766. The summed E-state index contributed by atoms with van der Waals surface area (Å²) in [6.45, 7) is 7.12. The summed E-state index contributed by atoms with van der Waals surface area (Å²) in [6.07, 6.45) is 0.869. The van der Waals surface area contributed by atoms with Crippen molar-refractivity contribution in [1.82, 2.24) is 5.32 Å². The van der Waals surface area contributed by atoms with Crippen molar-refractivity contribution in [3.8, 4) is 0 Å². The van der Waals surface area contributed by atoms with E-state index >= 15 is 0 Å². The average Bonchev–Trinajstić information content (AvgIpc) is 2.44. The van der Waals surface area contributed by atoms with Crippen LogP contribution < -0.4 is 5.32 Å². The summed E-state index contributed by atoms with van der Waals surface area (Å²) < 4.78 is 0. The van der Waals surface area contributed by atoms with Crippen molar-refractivity contribution in [3.05, 3.63) is 68.7 Å². The van der Waals surface area contributed by atoms with E-state index in [9.17, 15) is 0 Å². The molecule has 21 heavy (non-hydrogen) atoms. The minimum atomic E-state index is 0.242. The van der Waals surface area contributed by atoms with Gasteiger partial charge in [0, 0.05) is 16.1 Å². The summed E-state index contributed by atoms with van der Waals surface area (Å²) in [5.74, 6) is 0. The van der Waals surface area contributed by atoms with Crippen LogP contribution in [-0.4, -0.2) is 6.54 Å². The van der Waals surface area contributed by atoms with Crippen LogP contribution in [0, 0.1) is 13.8 Å². The third-order valence-electron chi connectivity index (χ3n) is 3.67. The summed E-state index contributed by atoms with van der Waals surface area (Å²) in [5, 5.41) is 5.18. The number of halogens is 2. The van der Waals surface area contributed by atoms with E-state index in [1.165, 1.54) is 16.7 Å². The van der Waals surface area contributed by atoms with Crippen molar-refractivity contribution in [1.29, 1.82) is 0 Å². The van der Waals surface area contributed by atoms with E-state index in [-0.39, 0.29) is 6.04 Å². The number of benzene rings is 2. The van der Waals surface area contributed by atoms with Crippen molar-refractivity contribution >= 4 is 23.2 Å². The first-order chi connectivity index (χ1) is 10.0. The second kappa shape index (κ2) is 7.31. The Bertz CT molecular complexity index is 623. The smallest absolute Gasteiger partial charge is 0.0441 e. The number of rotatable bonds is 5. The van der Waals surface area contributed by atoms with Gasteiger partial charge in [-0.3, -0.25) is 0 Å². The predicted molar refractivity (Wildman–Crippen MR) is 92.5 cm³/mol. The van der Waals surface area contributed by atoms with E-state index in [2.05, 4.69) is 43.4 Å². The normalized spacial score (nSPS) is 12.4. The SMILES string of the molecule is CCNC(Cc1ccc(C)cc1Cl)c1ccc(Cl)c(C)c1. The van der Waals surface area contributed by atoms with Gasteiger partial charge in [-0.15, -0.1) is 0 Å². The van der Waals surface area contributed by atoms with E-state index in [1.807, 2.05) is 19.1 Å². The van der Waals surface area contributed by atoms with Crippen LogP contribution in [0.25, 0.3) is 0 Å². The number of aryl methyl sites for hydroxylation is 2. The average molecular weight is 322 g/mol. The molecule has 0 spiro atoms. The van der Waals surface area contributed by atoms with E-state index in [0.717, 1.165) is 28.6 Å². The van der Waals surface area contributed by atoms with Gasteiger partial charge in [0.15, 0.2) is 0 Å². The van der Waals surface area contributed by atoms with Crippen LogP contribution >= 0.6 is 23.2 Å². The zero-order valence-electron chi connectivity index (χ0n) is 12.7. The van der Waals surface area contributed by atoms with Crippen molar-refractivity contribution in [2.45, 2.75) is 33.2 Å². The zero-order chi connectivity index (χ0) is 15.4. The predicted octanol–water partition coefficient (Wildman–Crippen LogP) is 5.50. The highest BCUT2D eigenvalue weighted by atomic mass is 35.5. The molecule has 0 bridgehead atoms. The van der Waals surface area contributed by atoms with Crippen LogP contribution in [0.1, 0.15) is 35.2 Å². The summed E-state index contributed by atoms with van der Waals surface area (Å²) in [6, 6.07) is 12.7. The highest BCUT2D eigenvalue weighted by Crippen LogP contribution is 2.27. The number of hydrogen-bond donors (Lipinski definition) is 1. The molecule has 3 heteroatoms. The first-order valence-electron chi connectivity index (χ1n) is 7.25. The van der Waals surface area contributed by atoms with Gasteiger partial charge in [-0.1, -0.05) is 54.4 Å². The van der Waals surface area contributed by atoms with E-state index in [4.69, 9.17) is 23.2 Å². The lowest BCUT2D eigenvalue weighted by Crippen LogP contribution is -2.23. The van der Waals surface area contributed by atoms with Crippen molar-refractivity contribution < 1.29 is 0 Å². The molecule has 2 rings (SSSR count). The minimum Gasteiger partial charge on any atom is -0.310 e. The molecule has 112 valence electrons. The van der Waals surface area contributed by atoms with E-state index in [1.54, 1.807) is 0 Å². The Morgan fingerprint density at radius 2 is 1.76 bits per heavy atom. The van der Waals surface area contributed by atoms with Gasteiger partial charge in [0.1, 0.15) is 0 Å². The molecule has 0 aliphatic rings. The molecule has 1 N–H and O–H groups in total. The maximum atomic E-state index is 6.37. The first-order valence-corrected chi connectivity index (χ1v) is 8.01. The molecule has 1 nitrogen and oxygen atoms in total. The molecule has 2 aromatic carbocycles. The Labute approximate surface area is 137 Å². The van der Waals surface area contributed by atoms with Crippen LogP contribution in [0.2, 0.25) is 10.0 Å². The molecule has 0 aromatic heterocycles. The van der Waals surface area contributed by atoms with Crippen LogP contribution in [0.15, 0.2) is 36.4 Å². The first kappa shape index (κ1) is 16.4. The lowest BCUT2D eigenvalue weighted by atomic mass is 9.97. The molecule has 0 amide bonds. The third-order valence-corrected chi connectivity index (χ3v) is 4.44. The van der Waals surface area contributed by atoms with Crippen molar-refractivity contribution in [2.24, 2.45) is 0 Å². The molecule has 0 saturated heterocycles. The lowest BCUT2D eigenvalue weighted by Gasteiger charge is -2.20. The Morgan fingerprint density at radius 3 is 2.38 bits per heavy atom. The molecule has 1 atom stereocenters. The topological polar surface area (TPSA) is 12.0 Å². The molecule has 0 aliphatic carbocycles. The van der Waals surface area contributed by atoms with Gasteiger partial charge in [0.25, 0.3) is 0 Å². The van der Waals surface area contributed by atoms with Gasteiger partial charge in [0.05, 0.1) is 0 Å². The largest absolute Gasteiger partial charge is 0.310 e. The lowest BCUT2D eigenvalue weighted by molar-refractivity contribution is 0.549. The fourth-order valence-electron chi connectivity index (χ4n) is 2.48. The second-order valence-corrected chi connectivity index (χ2v) is 6.23. The van der Waals surface area contributed by atoms with Gasteiger partial charge in [-0.2, -0.15) is 0 Å². The fraction of sp³-hybridized carbons (Fsp3) is 0.333. The minimum absolute atomic E-state index is 0.242. The highest BCUT2D eigenvalue weighted by Gasteiger charge is 2.14. The molecule has 0 aliphatic heterocycles. The van der Waals surface area contributed by atoms with Gasteiger partial charge in [-0.05, 0) is 61.2 Å². The molecule has 0 radical (unpaired) electrons. The Balaban J connectivity index is 2.28. The molecule has 0 saturated carbocycles. The summed E-state index contributed by atoms with van der Waals surface area (Å²) in [7, 11) is 0. The second-order valence-electron chi connectivity index (χ2n) is 5.42. The van der Waals surface area contributed by atoms with Gasteiger partial charge in [-0.25, -0.2) is 0 Å². The number of nitrogens with one attached hydrogen (secondary N) is 1.